The molecule has 8 nitrogen and oxygen atoms in total. The fraction of sp³-hybridized carbons (Fsp3) is 0.600. The molecule has 1 aliphatic heterocycles. The zero-order chi connectivity index (χ0) is 20.6. The van der Waals surface area contributed by atoms with Crippen molar-refractivity contribution in [3.63, 3.8) is 0 Å². The topological polar surface area (TPSA) is 91.9 Å². The Kier molecular flexibility index (Phi) is 5.22. The number of carbonyl (C=O) groups excluding carboxylic acids is 2. The summed E-state index contributed by atoms with van der Waals surface area (Å²) < 4.78 is 24.5. The van der Waals surface area contributed by atoms with Gasteiger partial charge in [-0.3, -0.25) is 9.59 Å². The average Bonchev–Trinajstić information content (AvgIpc) is 3.03. The molecular formula is C20H27FN4O4. The van der Waals surface area contributed by atoms with Crippen LogP contribution in [0.3, 0.4) is 0 Å². The lowest BCUT2D eigenvalue weighted by Gasteiger charge is -2.70. The lowest BCUT2D eigenvalue weighted by molar-refractivity contribution is -0.153. The first-order chi connectivity index (χ1) is 13.8. The molecule has 1 atom stereocenters. The molecule has 158 valence electrons. The van der Waals surface area contributed by atoms with Crippen LogP contribution in [0, 0.1) is 12.7 Å². The van der Waals surface area contributed by atoms with Crippen molar-refractivity contribution in [2.24, 2.45) is 0 Å². The van der Waals surface area contributed by atoms with Crippen molar-refractivity contribution >= 4 is 11.8 Å². The number of ether oxygens (including phenoxy) is 2. The molecule has 0 radical (unpaired) electrons. The molecule has 4 aliphatic rings. The number of aryl methyl sites for hydroxylation is 1. The highest BCUT2D eigenvalue weighted by molar-refractivity contribution is 5.81. The van der Waals surface area contributed by atoms with Crippen LogP contribution < -0.4 is 20.8 Å². The number of hydrazine groups is 1. The van der Waals surface area contributed by atoms with E-state index in [0.29, 0.717) is 30.6 Å². The second-order valence-electron chi connectivity index (χ2n) is 8.53. The van der Waals surface area contributed by atoms with E-state index in [-0.39, 0.29) is 48.2 Å². The minimum Gasteiger partial charge on any atom is -0.484 e. The van der Waals surface area contributed by atoms with Crippen LogP contribution in [0.4, 0.5) is 4.39 Å². The third-order valence-electron chi connectivity index (χ3n) is 5.86. The molecule has 1 aromatic rings. The summed E-state index contributed by atoms with van der Waals surface area (Å²) in [6.45, 7) is 2.41. The molecule has 9 heteroatoms. The molecule has 3 N–H and O–H groups in total. The Bertz CT molecular complexity index is 798. The van der Waals surface area contributed by atoms with E-state index >= 15 is 0 Å². The fourth-order valence-corrected chi connectivity index (χ4v) is 4.51. The summed E-state index contributed by atoms with van der Waals surface area (Å²) in [6.07, 6.45) is 2.86. The Morgan fingerprint density at radius 3 is 2.45 bits per heavy atom. The van der Waals surface area contributed by atoms with Gasteiger partial charge >= 0.3 is 0 Å². The van der Waals surface area contributed by atoms with Gasteiger partial charge < -0.3 is 20.1 Å². The molecule has 0 spiro atoms. The zero-order valence-corrected chi connectivity index (χ0v) is 16.7. The summed E-state index contributed by atoms with van der Waals surface area (Å²) in [6, 6.07) is 4.52. The smallest absolute Gasteiger partial charge is 0.258 e. The molecule has 2 amide bonds. The van der Waals surface area contributed by atoms with E-state index in [1.807, 2.05) is 12.1 Å². The number of hydrogen-bond donors (Lipinski definition) is 3. The van der Waals surface area contributed by atoms with Gasteiger partial charge in [0, 0.05) is 37.2 Å². The first-order valence-electron chi connectivity index (χ1n) is 9.86. The second kappa shape index (κ2) is 7.55. The lowest BCUT2D eigenvalue weighted by Crippen LogP contribution is -2.84. The number of halogens is 1. The maximum absolute atomic E-state index is 13.5. The summed E-state index contributed by atoms with van der Waals surface area (Å²) in [5.74, 6) is -0.414. The molecule has 2 bridgehead atoms. The highest BCUT2D eigenvalue weighted by Crippen LogP contribution is 2.60. The summed E-state index contributed by atoms with van der Waals surface area (Å²) in [5.41, 5.74) is 3.16. The number of carbonyl (C=O) groups is 2. The van der Waals surface area contributed by atoms with Crippen LogP contribution in [-0.4, -0.2) is 60.9 Å². The van der Waals surface area contributed by atoms with Crippen LogP contribution in [0.25, 0.3) is 0 Å². The number of nitrogens with one attached hydrogen (secondary N) is 3. The van der Waals surface area contributed by atoms with Gasteiger partial charge in [0.1, 0.15) is 24.4 Å². The minimum atomic E-state index is -0.361. The average molecular weight is 406 g/mol. The Morgan fingerprint density at radius 1 is 1.21 bits per heavy atom. The van der Waals surface area contributed by atoms with Crippen molar-refractivity contribution in [1.29, 1.82) is 0 Å². The number of amides is 2. The van der Waals surface area contributed by atoms with Gasteiger partial charge in [-0.25, -0.2) is 14.8 Å². The largest absolute Gasteiger partial charge is 0.484 e. The van der Waals surface area contributed by atoms with Gasteiger partial charge in [-0.2, -0.15) is 0 Å². The van der Waals surface area contributed by atoms with Gasteiger partial charge in [-0.15, -0.1) is 0 Å². The van der Waals surface area contributed by atoms with E-state index in [0.717, 1.165) is 13.0 Å². The highest BCUT2D eigenvalue weighted by Gasteiger charge is 2.69. The summed E-state index contributed by atoms with van der Waals surface area (Å²) in [4.78, 5) is 24.3. The maximum atomic E-state index is 13.5. The molecule has 3 saturated carbocycles. The molecule has 1 saturated heterocycles. The third-order valence-corrected chi connectivity index (χ3v) is 5.86. The fourth-order valence-electron chi connectivity index (χ4n) is 4.51. The monoisotopic (exact) mass is 406 g/mol. The number of benzene rings is 1. The van der Waals surface area contributed by atoms with Crippen LogP contribution in [0.1, 0.15) is 31.2 Å². The van der Waals surface area contributed by atoms with Gasteiger partial charge in [0.05, 0.1) is 0 Å². The van der Waals surface area contributed by atoms with Gasteiger partial charge in [-0.1, -0.05) is 6.07 Å². The summed E-state index contributed by atoms with van der Waals surface area (Å²) >= 11 is 0. The van der Waals surface area contributed by atoms with E-state index in [4.69, 9.17) is 9.47 Å². The van der Waals surface area contributed by atoms with Gasteiger partial charge in [0.25, 0.3) is 5.91 Å². The van der Waals surface area contributed by atoms with Crippen molar-refractivity contribution in [3.8, 4) is 5.75 Å². The van der Waals surface area contributed by atoms with Gasteiger partial charge in [0.2, 0.25) is 5.91 Å². The first-order valence-corrected chi connectivity index (χ1v) is 9.86. The van der Waals surface area contributed by atoms with Crippen molar-refractivity contribution in [3.05, 3.63) is 29.6 Å². The molecule has 1 aromatic carbocycles. The molecule has 3 aliphatic carbocycles. The van der Waals surface area contributed by atoms with Gasteiger partial charge in [-0.05, 0) is 37.8 Å². The first kappa shape index (κ1) is 20.1. The number of nitrogens with zero attached hydrogens (tertiary/aromatic N) is 1. The molecule has 1 unspecified atom stereocenters. The maximum Gasteiger partial charge on any atom is 0.258 e. The number of hydrogen-bond acceptors (Lipinski definition) is 6. The Balaban J connectivity index is 1.14. The predicted octanol–water partition coefficient (Wildman–Crippen LogP) is 0.603. The quantitative estimate of drug-likeness (QED) is 0.586. The minimum absolute atomic E-state index is 0.0214. The molecular weight excluding hydrogens is 379 g/mol. The van der Waals surface area contributed by atoms with E-state index < -0.39 is 0 Å². The lowest BCUT2D eigenvalue weighted by atomic mass is 9.44. The SMILES string of the molecule is Cc1ccc(OCC(=O)NC23CC(NC(=O)COC4CCN(C)N4)(C2)C3)cc1F. The third kappa shape index (κ3) is 4.36. The van der Waals surface area contributed by atoms with E-state index in [2.05, 4.69) is 16.1 Å². The highest BCUT2D eigenvalue weighted by atomic mass is 19.1. The summed E-state index contributed by atoms with van der Waals surface area (Å²) in [7, 11) is 1.93. The number of rotatable bonds is 8. The Labute approximate surface area is 169 Å². The van der Waals surface area contributed by atoms with Crippen LogP contribution in [-0.2, 0) is 14.3 Å². The van der Waals surface area contributed by atoms with Crippen LogP contribution in [0.15, 0.2) is 18.2 Å². The van der Waals surface area contributed by atoms with Crippen molar-refractivity contribution in [1.82, 2.24) is 21.1 Å². The van der Waals surface area contributed by atoms with Crippen LogP contribution in [0.2, 0.25) is 0 Å². The van der Waals surface area contributed by atoms with E-state index in [1.165, 1.54) is 6.07 Å². The van der Waals surface area contributed by atoms with Crippen LogP contribution in [0.5, 0.6) is 5.75 Å². The van der Waals surface area contributed by atoms with Crippen molar-refractivity contribution in [2.75, 3.05) is 26.8 Å². The molecule has 5 rings (SSSR count). The molecule has 1 heterocycles. The van der Waals surface area contributed by atoms with Crippen LogP contribution >= 0.6 is 0 Å². The normalized spacial score (nSPS) is 30.2. The Morgan fingerprint density at radius 2 is 1.86 bits per heavy atom. The Hall–Kier alpha value is -2.23. The van der Waals surface area contributed by atoms with Gasteiger partial charge in [0.15, 0.2) is 6.61 Å². The van der Waals surface area contributed by atoms with E-state index in [9.17, 15) is 14.0 Å². The molecule has 0 aromatic heterocycles. The zero-order valence-electron chi connectivity index (χ0n) is 16.7. The molecule has 29 heavy (non-hydrogen) atoms. The van der Waals surface area contributed by atoms with E-state index in [1.54, 1.807) is 19.1 Å². The summed E-state index contributed by atoms with van der Waals surface area (Å²) in [5, 5.41) is 7.95. The van der Waals surface area contributed by atoms with Crippen molar-refractivity contribution in [2.45, 2.75) is 49.9 Å². The standard InChI is InChI=1S/C20H27FN4O4/c1-13-3-4-14(7-15(13)21)28-8-16(26)22-19-10-20(11-19,12-19)23-17(27)9-29-18-5-6-25(2)24-18/h3-4,7,18,24H,5-6,8-12H2,1-2H3,(H,22,26)(H,23,27). The predicted molar refractivity (Wildman–Crippen MR) is 102 cm³/mol. The van der Waals surface area contributed by atoms with Crippen molar-refractivity contribution < 1.29 is 23.5 Å². The second-order valence-corrected chi connectivity index (χ2v) is 8.53. The molecule has 4 fully saturated rings.